The molecular formula is C10H12N2O4S. The van der Waals surface area contributed by atoms with E-state index in [2.05, 4.69) is 0 Å². The van der Waals surface area contributed by atoms with E-state index in [-0.39, 0.29) is 13.1 Å². The van der Waals surface area contributed by atoms with Gasteiger partial charge in [-0.05, 0) is 24.3 Å². The number of nitrogens with zero attached hydrogens (tertiary/aromatic N) is 1. The summed E-state index contributed by atoms with van der Waals surface area (Å²) >= 11 is 0. The van der Waals surface area contributed by atoms with E-state index in [4.69, 9.17) is 14.0 Å². The fourth-order valence-corrected chi connectivity index (χ4v) is 2.00. The lowest BCUT2D eigenvalue weighted by Crippen LogP contribution is -2.35. The Kier molecular flexibility index (Phi) is 3.32. The number of rotatable bonds is 5. The maximum absolute atomic E-state index is 11.4. The van der Waals surface area contributed by atoms with Crippen molar-refractivity contribution < 1.29 is 17.3 Å². The van der Waals surface area contributed by atoms with Crippen molar-refractivity contribution in [3.63, 3.8) is 0 Å². The molecule has 0 radical (unpaired) electrons. The summed E-state index contributed by atoms with van der Waals surface area (Å²) < 4.78 is 34.1. The van der Waals surface area contributed by atoms with Crippen LogP contribution in [0.3, 0.4) is 0 Å². The van der Waals surface area contributed by atoms with Gasteiger partial charge in [0.1, 0.15) is 11.5 Å². The molecule has 17 heavy (non-hydrogen) atoms. The molecule has 2 rings (SSSR count). The second-order valence-electron chi connectivity index (χ2n) is 3.47. The smallest absolute Gasteiger partial charge is 0.277 e. The molecule has 0 amide bonds. The summed E-state index contributed by atoms with van der Waals surface area (Å²) in [4.78, 5) is 0. The molecule has 0 aliphatic carbocycles. The van der Waals surface area contributed by atoms with Crippen LogP contribution in [-0.2, 0) is 23.3 Å². The average molecular weight is 256 g/mol. The van der Waals surface area contributed by atoms with Crippen molar-refractivity contribution in [2.75, 3.05) is 0 Å². The van der Waals surface area contributed by atoms with Gasteiger partial charge in [0.15, 0.2) is 0 Å². The molecule has 6 nitrogen and oxygen atoms in total. The topological polar surface area (TPSA) is 89.7 Å². The predicted molar refractivity (Wildman–Crippen MR) is 59.8 cm³/mol. The van der Waals surface area contributed by atoms with Crippen LogP contribution in [0.2, 0.25) is 0 Å². The number of nitrogens with two attached hydrogens (primary N) is 1. The van der Waals surface area contributed by atoms with E-state index >= 15 is 0 Å². The minimum absolute atomic E-state index is 0.0759. The molecule has 0 aliphatic heterocycles. The Bertz CT molecular complexity index is 509. The van der Waals surface area contributed by atoms with Gasteiger partial charge in [0.25, 0.3) is 10.2 Å². The molecule has 7 heteroatoms. The summed E-state index contributed by atoms with van der Waals surface area (Å²) in [5.41, 5.74) is 0. The summed E-state index contributed by atoms with van der Waals surface area (Å²) in [7, 11) is -3.80. The number of hydrogen-bond donors (Lipinski definition) is 1. The predicted octanol–water partition coefficient (Wildman–Crippen LogP) is 1.08. The third-order valence-electron chi connectivity index (χ3n) is 2.18. The van der Waals surface area contributed by atoms with Crippen LogP contribution < -0.4 is 5.14 Å². The van der Waals surface area contributed by atoms with Gasteiger partial charge < -0.3 is 8.83 Å². The van der Waals surface area contributed by atoms with E-state index in [1.165, 1.54) is 12.5 Å². The first-order valence-electron chi connectivity index (χ1n) is 4.88. The lowest BCUT2D eigenvalue weighted by atomic mass is 10.4. The molecule has 0 aliphatic rings. The number of furan rings is 2. The van der Waals surface area contributed by atoms with Crippen LogP contribution in [0.1, 0.15) is 11.5 Å². The van der Waals surface area contributed by atoms with E-state index in [1.54, 1.807) is 24.3 Å². The average Bonchev–Trinajstić information content (AvgIpc) is 2.87. The van der Waals surface area contributed by atoms with Crippen molar-refractivity contribution in [1.82, 2.24) is 4.31 Å². The Morgan fingerprint density at radius 2 is 1.53 bits per heavy atom. The lowest BCUT2D eigenvalue weighted by molar-refractivity contribution is 0.331. The largest absolute Gasteiger partial charge is 0.468 e. The third kappa shape index (κ3) is 3.19. The molecule has 0 aromatic carbocycles. The highest BCUT2D eigenvalue weighted by Crippen LogP contribution is 2.12. The molecule has 0 spiro atoms. The van der Waals surface area contributed by atoms with E-state index in [0.29, 0.717) is 11.5 Å². The van der Waals surface area contributed by atoms with Crippen LogP contribution in [0.15, 0.2) is 45.6 Å². The van der Waals surface area contributed by atoms with Crippen LogP contribution in [-0.4, -0.2) is 12.7 Å². The van der Waals surface area contributed by atoms with Crippen LogP contribution in [0.4, 0.5) is 0 Å². The first-order valence-corrected chi connectivity index (χ1v) is 6.38. The zero-order valence-corrected chi connectivity index (χ0v) is 9.76. The van der Waals surface area contributed by atoms with Gasteiger partial charge in [-0.25, -0.2) is 5.14 Å². The third-order valence-corrected chi connectivity index (χ3v) is 3.16. The first kappa shape index (κ1) is 11.9. The van der Waals surface area contributed by atoms with Gasteiger partial charge in [0, 0.05) is 0 Å². The highest BCUT2D eigenvalue weighted by molar-refractivity contribution is 7.86. The minimum Gasteiger partial charge on any atom is -0.468 e. The van der Waals surface area contributed by atoms with Gasteiger partial charge in [-0.3, -0.25) is 0 Å². The standard InChI is InChI=1S/C10H12N2O4S/c11-17(13,14)12(7-9-3-1-5-15-9)8-10-4-2-6-16-10/h1-6H,7-8H2,(H2,11,13,14). The van der Waals surface area contributed by atoms with Crippen molar-refractivity contribution >= 4 is 10.2 Å². The molecule has 0 saturated carbocycles. The fraction of sp³-hybridized carbons (Fsp3) is 0.200. The molecule has 0 unspecified atom stereocenters. The second kappa shape index (κ2) is 4.74. The Balaban J connectivity index is 2.15. The van der Waals surface area contributed by atoms with Gasteiger partial charge >= 0.3 is 0 Å². The molecular weight excluding hydrogens is 244 g/mol. The molecule has 92 valence electrons. The van der Waals surface area contributed by atoms with E-state index in [0.717, 1.165) is 4.31 Å². The minimum atomic E-state index is -3.80. The number of hydrogen-bond acceptors (Lipinski definition) is 4. The Morgan fingerprint density at radius 3 is 1.82 bits per heavy atom. The summed E-state index contributed by atoms with van der Waals surface area (Å²) in [5, 5.41) is 5.13. The lowest BCUT2D eigenvalue weighted by Gasteiger charge is -2.16. The van der Waals surface area contributed by atoms with Gasteiger partial charge in [-0.15, -0.1) is 0 Å². The van der Waals surface area contributed by atoms with Crippen molar-refractivity contribution in [2.45, 2.75) is 13.1 Å². The van der Waals surface area contributed by atoms with Gasteiger partial charge in [0.2, 0.25) is 0 Å². The SMILES string of the molecule is NS(=O)(=O)N(Cc1ccco1)Cc1ccco1. The Hall–Kier alpha value is -1.57. The molecule has 0 fully saturated rings. The Labute approximate surface area is 98.8 Å². The van der Waals surface area contributed by atoms with Crippen molar-refractivity contribution in [2.24, 2.45) is 5.14 Å². The van der Waals surface area contributed by atoms with E-state index in [1.807, 2.05) is 0 Å². The van der Waals surface area contributed by atoms with Gasteiger partial charge in [-0.1, -0.05) is 0 Å². The zero-order chi connectivity index (χ0) is 12.3. The molecule has 2 aromatic rings. The molecule has 0 atom stereocenters. The fourth-order valence-electron chi connectivity index (χ4n) is 1.39. The quantitative estimate of drug-likeness (QED) is 0.866. The normalized spacial score (nSPS) is 12.1. The summed E-state index contributed by atoms with van der Waals surface area (Å²) in [6.45, 7) is 0.152. The molecule has 2 aromatic heterocycles. The molecule has 2 heterocycles. The summed E-state index contributed by atoms with van der Waals surface area (Å²) in [6, 6.07) is 6.73. The van der Waals surface area contributed by atoms with Crippen LogP contribution in [0.5, 0.6) is 0 Å². The van der Waals surface area contributed by atoms with Crippen molar-refractivity contribution in [3.8, 4) is 0 Å². The maximum Gasteiger partial charge on any atom is 0.277 e. The first-order chi connectivity index (χ1) is 8.05. The van der Waals surface area contributed by atoms with Gasteiger partial charge in [-0.2, -0.15) is 12.7 Å². The Morgan fingerprint density at radius 1 is 1.06 bits per heavy atom. The summed E-state index contributed by atoms with van der Waals surface area (Å²) in [6.07, 6.45) is 2.95. The van der Waals surface area contributed by atoms with Crippen LogP contribution >= 0.6 is 0 Å². The van der Waals surface area contributed by atoms with Gasteiger partial charge in [0.05, 0.1) is 25.6 Å². The molecule has 0 bridgehead atoms. The molecule has 0 saturated heterocycles. The van der Waals surface area contributed by atoms with Crippen LogP contribution in [0.25, 0.3) is 0 Å². The van der Waals surface area contributed by atoms with Crippen molar-refractivity contribution in [3.05, 3.63) is 48.3 Å². The van der Waals surface area contributed by atoms with Crippen LogP contribution in [0, 0.1) is 0 Å². The molecule has 2 N–H and O–H groups in total. The van der Waals surface area contributed by atoms with Crippen molar-refractivity contribution in [1.29, 1.82) is 0 Å². The highest BCUT2D eigenvalue weighted by Gasteiger charge is 2.20. The zero-order valence-electron chi connectivity index (χ0n) is 8.94. The maximum atomic E-state index is 11.4. The van der Waals surface area contributed by atoms with E-state index < -0.39 is 10.2 Å². The monoisotopic (exact) mass is 256 g/mol. The highest BCUT2D eigenvalue weighted by atomic mass is 32.2. The second-order valence-corrected chi connectivity index (χ2v) is 5.02. The van der Waals surface area contributed by atoms with E-state index in [9.17, 15) is 8.42 Å². The summed E-state index contributed by atoms with van der Waals surface area (Å²) in [5.74, 6) is 1.04.